The summed E-state index contributed by atoms with van der Waals surface area (Å²) < 4.78 is 12.8. The van der Waals surface area contributed by atoms with Crippen LogP contribution >= 0.6 is 8.60 Å². The molecule has 5 atom stereocenters. The Hall–Kier alpha value is -1.36. The van der Waals surface area contributed by atoms with E-state index in [1.54, 1.807) is 0 Å². The molecule has 0 saturated carbocycles. The molecule has 10 N–H and O–H groups in total. The van der Waals surface area contributed by atoms with Gasteiger partial charge in [0.1, 0.15) is 12.2 Å². The van der Waals surface area contributed by atoms with Gasteiger partial charge in [0.25, 0.3) is 0 Å². The Labute approximate surface area is 237 Å². The van der Waals surface area contributed by atoms with E-state index in [1.807, 2.05) is 0 Å². The molecule has 0 spiro atoms. The molecule has 0 heterocycles. The molecule has 5 unspecified atom stereocenters. The van der Waals surface area contributed by atoms with Crippen molar-refractivity contribution in [2.75, 3.05) is 33.0 Å². The first-order chi connectivity index (χ1) is 16.6. The van der Waals surface area contributed by atoms with E-state index >= 15 is 0 Å². The number of aliphatic hydroxyl groups is 10. The molecular weight excluding hydrogens is 571 g/mol. The molecule has 0 bridgehead atoms. The average molecular weight is 596 g/mol. The minimum atomic E-state index is -3.16. The van der Waals surface area contributed by atoms with Crippen LogP contribution in [0.25, 0.3) is 0 Å². The van der Waals surface area contributed by atoms with Crippen LogP contribution in [0.4, 0.5) is 0 Å². The number of carboxylic acid groups (broad SMARTS) is 2. The van der Waals surface area contributed by atoms with Crippen LogP contribution in [0, 0.1) is 0 Å². The van der Waals surface area contributed by atoms with Gasteiger partial charge in [-0.2, -0.15) is 0 Å². The van der Waals surface area contributed by atoms with Gasteiger partial charge in [0.05, 0.1) is 45.0 Å². The van der Waals surface area contributed by atoms with Crippen LogP contribution in [0.2, 0.25) is 0 Å². The molecule has 0 aliphatic carbocycles. The van der Waals surface area contributed by atoms with Crippen LogP contribution in [0.3, 0.4) is 0 Å². The van der Waals surface area contributed by atoms with Crippen molar-refractivity contribution in [3.8, 4) is 0 Å². The maximum absolute atomic E-state index is 11.2. The molecule has 0 rings (SSSR count). The van der Waals surface area contributed by atoms with Gasteiger partial charge in [-0.3, -0.25) is 0 Å². The summed E-state index contributed by atoms with van der Waals surface area (Å²) >= 11 is 0. The van der Waals surface area contributed by atoms with Crippen molar-refractivity contribution in [2.24, 2.45) is 0 Å². The number of carbonyl (C=O) groups excluding carboxylic acids is 5. The van der Waals surface area contributed by atoms with Gasteiger partial charge >= 0.3 is 64.2 Å². The summed E-state index contributed by atoms with van der Waals surface area (Å²) in [6.07, 6.45) is -9.53. The molecule has 212 valence electrons. The van der Waals surface area contributed by atoms with E-state index in [1.165, 1.54) is 0 Å². The zero-order valence-corrected chi connectivity index (χ0v) is 21.7. The molecule has 0 aliphatic rings. The standard InChI is InChI=1S/C9H15O12P.2C3H6O4.Ca/c10-1-4(13)7(16)19-22(20-8(17)5(14)2-11)21-9(18)6(15)3-12;2*4-1-2(5)3(6)7;/h4-6,10-15H,1-3H2;2*2,4-5H,1H2,(H,6,7);/q;;;+2/p-2. The second kappa shape index (κ2) is 24.9. The summed E-state index contributed by atoms with van der Waals surface area (Å²) in [5.74, 6) is -7.87. The van der Waals surface area contributed by atoms with E-state index in [9.17, 15) is 34.2 Å². The van der Waals surface area contributed by atoms with Crippen molar-refractivity contribution in [1.82, 2.24) is 0 Å². The van der Waals surface area contributed by atoms with Gasteiger partial charge in [-0.1, -0.05) is 0 Å². The van der Waals surface area contributed by atoms with Gasteiger partial charge in [0.2, 0.25) is 0 Å². The number of rotatable bonds is 13. The van der Waals surface area contributed by atoms with E-state index in [2.05, 4.69) is 13.6 Å². The molecular formula is C15H25CaO20P. The molecule has 22 heteroatoms. The van der Waals surface area contributed by atoms with Crippen molar-refractivity contribution in [3.63, 3.8) is 0 Å². The second-order valence-corrected chi connectivity index (χ2v) is 6.58. The third kappa shape index (κ3) is 22.3. The fourth-order valence-corrected chi connectivity index (χ4v) is 1.75. The van der Waals surface area contributed by atoms with Crippen LogP contribution in [0.15, 0.2) is 0 Å². The maximum atomic E-state index is 11.2. The first-order valence-corrected chi connectivity index (χ1v) is 10.0. The predicted molar refractivity (Wildman–Crippen MR) is 106 cm³/mol. The molecule has 0 amide bonds. The zero-order chi connectivity index (χ0) is 29.0. The minimum Gasteiger partial charge on any atom is -0.547 e. The minimum absolute atomic E-state index is 0. The third-order valence-electron chi connectivity index (χ3n) is 2.72. The maximum Gasteiger partial charge on any atom is 2.00 e. The number of carboxylic acids is 2. The Morgan fingerprint density at radius 1 is 0.514 bits per heavy atom. The van der Waals surface area contributed by atoms with Gasteiger partial charge in [0.15, 0.2) is 18.3 Å². The molecule has 0 radical (unpaired) electrons. The molecule has 0 aromatic heterocycles. The van der Waals surface area contributed by atoms with E-state index in [0.29, 0.717) is 0 Å². The fourth-order valence-electron chi connectivity index (χ4n) is 0.831. The molecule has 37 heavy (non-hydrogen) atoms. The smallest absolute Gasteiger partial charge is 0.547 e. The van der Waals surface area contributed by atoms with Crippen molar-refractivity contribution in [2.45, 2.75) is 30.5 Å². The van der Waals surface area contributed by atoms with Crippen molar-refractivity contribution < 1.29 is 98.8 Å². The van der Waals surface area contributed by atoms with Gasteiger partial charge in [-0.15, -0.1) is 0 Å². The second-order valence-electron chi connectivity index (χ2n) is 5.58. The van der Waals surface area contributed by atoms with Crippen LogP contribution in [-0.4, -0.2) is 182 Å². The van der Waals surface area contributed by atoms with Crippen molar-refractivity contribution in [3.05, 3.63) is 0 Å². The van der Waals surface area contributed by atoms with E-state index in [0.717, 1.165) is 0 Å². The Kier molecular flexibility index (Phi) is 28.8. The van der Waals surface area contributed by atoms with Gasteiger partial charge in [-0.05, 0) is 0 Å². The number of carbonyl (C=O) groups is 5. The summed E-state index contributed by atoms with van der Waals surface area (Å²) in [5.41, 5.74) is 0. The molecule has 0 saturated heterocycles. The van der Waals surface area contributed by atoms with E-state index in [4.69, 9.17) is 51.1 Å². The molecule has 20 nitrogen and oxygen atoms in total. The third-order valence-corrected chi connectivity index (χ3v) is 3.71. The average Bonchev–Trinajstić information content (AvgIpc) is 2.85. The van der Waals surface area contributed by atoms with Crippen molar-refractivity contribution in [1.29, 1.82) is 0 Å². The van der Waals surface area contributed by atoms with Crippen LogP contribution in [0.1, 0.15) is 0 Å². The number of hydrogen-bond acceptors (Lipinski definition) is 20. The SMILES string of the molecule is O=C(OP(OC(=O)C(O)CO)OC(=O)C(O)CO)C(O)CO.O=C([O-])C(O)CO.O=C([O-])C(O)CO.[Ca+2]. The Morgan fingerprint density at radius 3 is 0.811 bits per heavy atom. The van der Waals surface area contributed by atoms with Crippen LogP contribution in [0.5, 0.6) is 0 Å². The Balaban J connectivity index is -0.000000297. The quantitative estimate of drug-likeness (QED) is 0.0696. The molecule has 0 fully saturated rings. The molecule has 0 aliphatic heterocycles. The Morgan fingerprint density at radius 2 is 0.703 bits per heavy atom. The molecule has 0 aromatic carbocycles. The van der Waals surface area contributed by atoms with Gasteiger partial charge < -0.3 is 84.4 Å². The predicted octanol–water partition coefficient (Wildman–Crippen LogP) is -10.3. The topological polar surface area (TPSA) is 361 Å². The zero-order valence-electron chi connectivity index (χ0n) is 18.6. The van der Waals surface area contributed by atoms with Crippen LogP contribution < -0.4 is 10.2 Å². The summed E-state index contributed by atoms with van der Waals surface area (Å²) in [6.45, 7) is -4.70. The van der Waals surface area contributed by atoms with Gasteiger partial charge in [0, 0.05) is 0 Å². The number of hydrogen-bond donors (Lipinski definition) is 10. The fraction of sp³-hybridized carbons (Fsp3) is 0.667. The largest absolute Gasteiger partial charge is 2.00 e. The molecule has 0 aromatic rings. The summed E-state index contributed by atoms with van der Waals surface area (Å²) in [7, 11) is -3.16. The number of aliphatic hydroxyl groups excluding tert-OH is 10. The summed E-state index contributed by atoms with van der Waals surface area (Å²) in [6, 6.07) is 0. The summed E-state index contributed by atoms with van der Waals surface area (Å²) in [4.78, 5) is 52.4. The van der Waals surface area contributed by atoms with E-state index < -0.39 is 102 Å². The monoisotopic (exact) mass is 596 g/mol. The van der Waals surface area contributed by atoms with Crippen LogP contribution in [-0.2, 0) is 37.5 Å². The normalized spacial score (nSPS) is 14.6. The van der Waals surface area contributed by atoms with E-state index in [-0.39, 0.29) is 37.7 Å². The van der Waals surface area contributed by atoms with Gasteiger partial charge in [-0.25, -0.2) is 14.4 Å². The first kappa shape index (κ1) is 42.7. The number of aliphatic carboxylic acids is 2. The first-order valence-electron chi connectivity index (χ1n) is 8.95. The van der Waals surface area contributed by atoms with Crippen molar-refractivity contribution >= 4 is 76.2 Å². The Bertz CT molecular complexity index is 601. The summed E-state index contributed by atoms with van der Waals surface area (Å²) in [5, 5.41) is 103.